The van der Waals surface area contributed by atoms with Crippen molar-refractivity contribution in [3.8, 4) is 0 Å². The van der Waals surface area contributed by atoms with Crippen LogP contribution in [0.25, 0.3) is 0 Å². The van der Waals surface area contributed by atoms with Crippen molar-refractivity contribution in [1.82, 2.24) is 5.16 Å². The summed E-state index contributed by atoms with van der Waals surface area (Å²) in [6.45, 7) is 1.69. The summed E-state index contributed by atoms with van der Waals surface area (Å²) in [5.74, 6) is -1.15. The molecule has 0 bridgehead atoms. The Labute approximate surface area is 165 Å². The molecule has 3 heterocycles. The summed E-state index contributed by atoms with van der Waals surface area (Å²) < 4.78 is 38.6. The fraction of sp³-hybridized carbons (Fsp3) is 0.381. The number of carbonyl (C=O) groups is 2. The molecule has 1 fully saturated rings. The molecule has 0 spiro atoms. The van der Waals surface area contributed by atoms with Crippen LogP contribution in [0.4, 0.5) is 14.6 Å². The van der Waals surface area contributed by atoms with E-state index in [9.17, 15) is 18.4 Å². The number of Topliss-reactive ketones (excluding diaryl/α,β-unsaturated/α-hetero) is 1. The molecular formula is C21H18F2N2O4. The Hall–Kier alpha value is -3.03. The Morgan fingerprint density at radius 3 is 2.62 bits per heavy atom. The maximum atomic E-state index is 14.0. The number of aromatic nitrogens is 1. The Bertz CT molecular complexity index is 1030. The number of hydrogen-bond acceptors (Lipinski definition) is 5. The van der Waals surface area contributed by atoms with Gasteiger partial charge in [0.15, 0.2) is 17.4 Å². The number of halogens is 2. The second-order valence-electron chi connectivity index (χ2n) is 7.71. The summed E-state index contributed by atoms with van der Waals surface area (Å²) >= 11 is 0. The molecule has 2 aliphatic heterocycles. The predicted molar refractivity (Wildman–Crippen MR) is 97.0 cm³/mol. The van der Waals surface area contributed by atoms with E-state index in [2.05, 4.69) is 5.16 Å². The van der Waals surface area contributed by atoms with Crippen molar-refractivity contribution in [3.05, 3.63) is 58.8 Å². The number of alkyl halides is 1. The Morgan fingerprint density at radius 2 is 1.93 bits per heavy atom. The molecule has 1 saturated carbocycles. The Morgan fingerprint density at radius 1 is 1.17 bits per heavy atom. The van der Waals surface area contributed by atoms with E-state index in [1.54, 1.807) is 13.0 Å². The van der Waals surface area contributed by atoms with Gasteiger partial charge in [-0.05, 0) is 43.9 Å². The van der Waals surface area contributed by atoms with E-state index in [0.29, 0.717) is 24.2 Å². The van der Waals surface area contributed by atoms with Crippen molar-refractivity contribution < 1.29 is 27.6 Å². The maximum absolute atomic E-state index is 14.0. The van der Waals surface area contributed by atoms with Gasteiger partial charge in [-0.25, -0.2) is 8.78 Å². The molecule has 150 valence electrons. The van der Waals surface area contributed by atoms with Crippen LogP contribution in [-0.4, -0.2) is 29.1 Å². The average Bonchev–Trinajstić information content (AvgIpc) is 3.25. The molecule has 0 N–H and O–H groups in total. The highest BCUT2D eigenvalue weighted by molar-refractivity contribution is 6.17. The number of carbonyl (C=O) groups excluding carboxylic acids is 2. The van der Waals surface area contributed by atoms with Gasteiger partial charge in [-0.1, -0.05) is 17.3 Å². The van der Waals surface area contributed by atoms with E-state index < -0.39 is 36.0 Å². The average molecular weight is 400 g/mol. The molecular weight excluding hydrogens is 382 g/mol. The van der Waals surface area contributed by atoms with Gasteiger partial charge in [0.2, 0.25) is 0 Å². The normalized spacial score (nSPS) is 29.0. The van der Waals surface area contributed by atoms with Crippen LogP contribution in [0.5, 0.6) is 0 Å². The molecule has 5 rings (SSSR count). The third-order valence-electron chi connectivity index (χ3n) is 5.83. The van der Waals surface area contributed by atoms with Gasteiger partial charge >= 0.3 is 0 Å². The van der Waals surface area contributed by atoms with E-state index in [-0.39, 0.29) is 29.4 Å². The summed E-state index contributed by atoms with van der Waals surface area (Å²) in [6, 6.07) is 6.31. The lowest BCUT2D eigenvalue weighted by Gasteiger charge is -2.36. The van der Waals surface area contributed by atoms with Crippen molar-refractivity contribution in [3.63, 3.8) is 0 Å². The van der Waals surface area contributed by atoms with E-state index in [0.717, 1.165) is 0 Å². The second-order valence-corrected chi connectivity index (χ2v) is 7.71. The first kappa shape index (κ1) is 18.0. The summed E-state index contributed by atoms with van der Waals surface area (Å²) in [6.07, 6.45) is -0.815. The number of aryl methyl sites for hydroxylation is 1. The number of rotatable bonds is 2. The maximum Gasteiger partial charge on any atom is 0.295 e. The van der Waals surface area contributed by atoms with Gasteiger partial charge in [-0.2, -0.15) is 0 Å². The van der Waals surface area contributed by atoms with Crippen LogP contribution >= 0.6 is 0 Å². The molecule has 2 aromatic rings. The lowest BCUT2D eigenvalue weighted by atomic mass is 9.77. The van der Waals surface area contributed by atoms with Crippen LogP contribution in [0.3, 0.4) is 0 Å². The number of anilines is 1. The molecule has 1 amide bonds. The van der Waals surface area contributed by atoms with Crippen LogP contribution in [0.2, 0.25) is 0 Å². The Kier molecular flexibility index (Phi) is 4.04. The highest BCUT2D eigenvalue weighted by Gasteiger charge is 2.53. The summed E-state index contributed by atoms with van der Waals surface area (Å²) in [5.41, 5.74) is 0.714. The van der Waals surface area contributed by atoms with E-state index in [4.69, 9.17) is 9.26 Å². The minimum atomic E-state index is -1.07. The number of hydrogen-bond donors (Lipinski definition) is 0. The third-order valence-corrected chi connectivity index (χ3v) is 5.83. The van der Waals surface area contributed by atoms with Gasteiger partial charge in [0, 0.05) is 6.07 Å². The quantitative estimate of drug-likeness (QED) is 0.771. The lowest BCUT2D eigenvalue weighted by Crippen LogP contribution is -2.42. The van der Waals surface area contributed by atoms with Crippen molar-refractivity contribution >= 4 is 17.5 Å². The van der Waals surface area contributed by atoms with Crippen LogP contribution in [-0.2, 0) is 14.3 Å². The zero-order valence-corrected chi connectivity index (χ0v) is 15.6. The Balaban J connectivity index is 1.64. The van der Waals surface area contributed by atoms with Gasteiger partial charge in [0.05, 0.1) is 17.5 Å². The smallest absolute Gasteiger partial charge is 0.295 e. The minimum absolute atomic E-state index is 0.0245. The molecule has 4 atom stereocenters. The van der Waals surface area contributed by atoms with Crippen molar-refractivity contribution in [2.24, 2.45) is 5.92 Å². The van der Waals surface area contributed by atoms with Gasteiger partial charge < -0.3 is 9.26 Å². The molecule has 6 nitrogen and oxygen atoms in total. The largest absolute Gasteiger partial charge is 0.483 e. The first-order valence-corrected chi connectivity index (χ1v) is 9.55. The van der Waals surface area contributed by atoms with Gasteiger partial charge in [-0.15, -0.1) is 0 Å². The third kappa shape index (κ3) is 2.77. The summed E-state index contributed by atoms with van der Waals surface area (Å²) in [4.78, 5) is 27.9. The fourth-order valence-electron chi connectivity index (χ4n) is 4.48. The zero-order chi connectivity index (χ0) is 20.3. The monoisotopic (exact) mass is 400 g/mol. The molecule has 3 aliphatic rings. The minimum Gasteiger partial charge on any atom is -0.483 e. The van der Waals surface area contributed by atoms with Crippen molar-refractivity contribution in [2.75, 3.05) is 4.90 Å². The number of amides is 1. The number of nitrogens with zero attached hydrogens (tertiary/aromatic N) is 2. The van der Waals surface area contributed by atoms with Crippen molar-refractivity contribution in [2.45, 2.75) is 44.5 Å². The molecule has 1 aromatic carbocycles. The second kappa shape index (κ2) is 6.50. The highest BCUT2D eigenvalue weighted by atomic mass is 19.1. The van der Waals surface area contributed by atoms with Crippen LogP contribution in [0, 0.1) is 18.7 Å². The lowest BCUT2D eigenvalue weighted by molar-refractivity contribution is -0.133. The van der Waals surface area contributed by atoms with Crippen LogP contribution in [0.15, 0.2) is 46.2 Å². The molecule has 1 aliphatic carbocycles. The number of ketones is 1. The van der Waals surface area contributed by atoms with Gasteiger partial charge in [0.1, 0.15) is 23.9 Å². The number of benzene rings is 1. The summed E-state index contributed by atoms with van der Waals surface area (Å²) in [7, 11) is 0. The van der Waals surface area contributed by atoms with E-state index in [1.165, 1.54) is 29.2 Å². The van der Waals surface area contributed by atoms with E-state index >= 15 is 0 Å². The van der Waals surface area contributed by atoms with Crippen LogP contribution < -0.4 is 4.90 Å². The van der Waals surface area contributed by atoms with Gasteiger partial charge in [-0.3, -0.25) is 14.5 Å². The number of fused-ring (bicyclic) bond motifs is 1. The van der Waals surface area contributed by atoms with E-state index in [1.807, 2.05) is 0 Å². The standard InChI is InChI=1S/C21H18F2N2O4/c1-10-8-16(24-29-10)25-18(11-2-4-12(22)5-3-11)17-19(26)14-9-13(23)6-7-15(14)28-20(17)21(25)27/h2-5,8,13-15,18H,6-7,9H2,1H3. The van der Waals surface area contributed by atoms with Gasteiger partial charge in [0.25, 0.3) is 5.91 Å². The number of ether oxygens (including phenoxy) is 1. The summed E-state index contributed by atoms with van der Waals surface area (Å²) in [5, 5.41) is 3.93. The molecule has 4 unspecified atom stereocenters. The molecule has 8 heteroatoms. The molecule has 1 aromatic heterocycles. The predicted octanol–water partition coefficient (Wildman–Crippen LogP) is 3.57. The zero-order valence-electron chi connectivity index (χ0n) is 15.6. The molecule has 0 radical (unpaired) electrons. The molecule has 0 saturated heterocycles. The fourth-order valence-corrected chi connectivity index (χ4v) is 4.48. The first-order valence-electron chi connectivity index (χ1n) is 9.55. The SMILES string of the molecule is Cc1cc(N2C(=O)C3=C(C(=O)C4CC(F)CCC4O3)C2c2ccc(F)cc2)no1. The van der Waals surface area contributed by atoms with Crippen LogP contribution in [0.1, 0.15) is 36.6 Å². The first-order chi connectivity index (χ1) is 13.9. The topological polar surface area (TPSA) is 72.6 Å². The van der Waals surface area contributed by atoms with Crippen molar-refractivity contribution in [1.29, 1.82) is 0 Å². The highest BCUT2D eigenvalue weighted by Crippen LogP contribution is 2.48. The molecule has 29 heavy (non-hydrogen) atoms.